The zero-order valence-corrected chi connectivity index (χ0v) is 9.03. The summed E-state index contributed by atoms with van der Waals surface area (Å²) in [7, 11) is 2.19. The molecule has 0 atom stereocenters. The van der Waals surface area contributed by atoms with Crippen molar-refractivity contribution >= 4 is 11.8 Å². The highest BCUT2D eigenvalue weighted by molar-refractivity contribution is 7.99. The lowest BCUT2D eigenvalue weighted by atomic mass is 10.1. The zero-order valence-electron chi connectivity index (χ0n) is 8.21. The van der Waals surface area contributed by atoms with E-state index in [0.717, 1.165) is 6.54 Å². The van der Waals surface area contributed by atoms with Crippen LogP contribution < -0.4 is 0 Å². The van der Waals surface area contributed by atoms with E-state index in [4.69, 9.17) is 0 Å². The van der Waals surface area contributed by atoms with E-state index in [0.29, 0.717) is 0 Å². The molecule has 0 aliphatic carbocycles. The Bertz CT molecular complexity index is 309. The quantitative estimate of drug-likeness (QED) is 0.623. The molecule has 2 rings (SSSR count). The highest BCUT2D eigenvalue weighted by Gasteiger charge is 2.10. The first-order valence-corrected chi connectivity index (χ1v) is 5.65. The Kier molecular flexibility index (Phi) is 2.61. The molecule has 0 saturated carbocycles. The van der Waals surface area contributed by atoms with Crippen molar-refractivity contribution in [2.24, 2.45) is 0 Å². The lowest BCUT2D eigenvalue weighted by Crippen LogP contribution is -2.18. The van der Waals surface area contributed by atoms with Crippen LogP contribution in [0.1, 0.15) is 11.1 Å². The van der Waals surface area contributed by atoms with Crippen molar-refractivity contribution in [2.45, 2.75) is 18.4 Å². The lowest BCUT2D eigenvalue weighted by Gasteiger charge is -2.12. The molecule has 0 saturated heterocycles. The van der Waals surface area contributed by atoms with Crippen LogP contribution in [0.15, 0.2) is 23.1 Å². The number of benzene rings is 1. The Labute approximate surface area is 84.1 Å². The molecule has 1 aromatic rings. The van der Waals surface area contributed by atoms with E-state index < -0.39 is 0 Å². The number of nitrogens with zero attached hydrogens (tertiary/aromatic N) is 1. The average Bonchev–Trinajstić information content (AvgIpc) is 2.25. The van der Waals surface area contributed by atoms with Crippen LogP contribution in [0, 0.1) is 6.92 Å². The molecular formula is C11H15NS. The lowest BCUT2D eigenvalue weighted by molar-refractivity contribution is 0.349. The van der Waals surface area contributed by atoms with Crippen LogP contribution >= 0.6 is 11.8 Å². The second-order valence-electron chi connectivity index (χ2n) is 3.70. The second-order valence-corrected chi connectivity index (χ2v) is 4.83. The molecule has 2 heteroatoms. The molecule has 1 aliphatic heterocycles. The van der Waals surface area contributed by atoms with Crippen molar-refractivity contribution in [2.75, 3.05) is 19.3 Å². The van der Waals surface area contributed by atoms with Gasteiger partial charge >= 0.3 is 0 Å². The molecule has 0 radical (unpaired) electrons. The number of thioether (sulfide) groups is 1. The summed E-state index contributed by atoms with van der Waals surface area (Å²) in [6.45, 7) is 4.46. The summed E-state index contributed by atoms with van der Waals surface area (Å²) >= 11 is 1.98. The minimum absolute atomic E-state index is 1.10. The van der Waals surface area contributed by atoms with Gasteiger partial charge in [0.2, 0.25) is 0 Å². The van der Waals surface area contributed by atoms with E-state index >= 15 is 0 Å². The van der Waals surface area contributed by atoms with Gasteiger partial charge in [0, 0.05) is 23.7 Å². The van der Waals surface area contributed by atoms with Gasteiger partial charge < -0.3 is 4.90 Å². The van der Waals surface area contributed by atoms with E-state index in [1.54, 1.807) is 0 Å². The average molecular weight is 193 g/mol. The first-order chi connectivity index (χ1) is 6.25. The summed E-state index contributed by atoms with van der Waals surface area (Å²) in [5.74, 6) is 1.21. The van der Waals surface area contributed by atoms with Crippen LogP contribution in [0.3, 0.4) is 0 Å². The third-order valence-corrected chi connectivity index (χ3v) is 3.48. The van der Waals surface area contributed by atoms with E-state index in [9.17, 15) is 0 Å². The smallest absolute Gasteiger partial charge is 0.0242 e. The Morgan fingerprint density at radius 2 is 2.23 bits per heavy atom. The molecule has 0 spiro atoms. The first-order valence-electron chi connectivity index (χ1n) is 4.66. The SMILES string of the molecule is Cc1ccc2c(c1)CN(C)CCS2. The Morgan fingerprint density at radius 1 is 1.38 bits per heavy atom. The van der Waals surface area contributed by atoms with Gasteiger partial charge in [-0.25, -0.2) is 0 Å². The number of aryl methyl sites for hydroxylation is 1. The van der Waals surface area contributed by atoms with Gasteiger partial charge in [-0.2, -0.15) is 0 Å². The molecular weight excluding hydrogens is 178 g/mol. The Hall–Kier alpha value is -0.470. The van der Waals surface area contributed by atoms with E-state index in [-0.39, 0.29) is 0 Å². The standard InChI is InChI=1S/C11H15NS/c1-9-3-4-11-10(7-9)8-12(2)5-6-13-11/h3-4,7H,5-6,8H2,1-2H3. The van der Waals surface area contributed by atoms with Crippen LogP contribution in [0.4, 0.5) is 0 Å². The van der Waals surface area contributed by atoms with Crippen molar-refractivity contribution in [3.8, 4) is 0 Å². The van der Waals surface area contributed by atoms with Gasteiger partial charge in [-0.1, -0.05) is 17.7 Å². The fourth-order valence-electron chi connectivity index (χ4n) is 1.65. The number of hydrogen-bond donors (Lipinski definition) is 0. The summed E-state index contributed by atoms with van der Waals surface area (Å²) < 4.78 is 0. The van der Waals surface area contributed by atoms with Crippen LogP contribution in [0.5, 0.6) is 0 Å². The molecule has 0 bridgehead atoms. The normalized spacial score (nSPS) is 18.0. The largest absolute Gasteiger partial charge is 0.301 e. The number of rotatable bonds is 0. The van der Waals surface area contributed by atoms with Gasteiger partial charge in [0.25, 0.3) is 0 Å². The maximum atomic E-state index is 2.39. The molecule has 1 heterocycles. The third kappa shape index (κ3) is 2.06. The molecule has 0 unspecified atom stereocenters. The molecule has 0 amide bonds. The maximum absolute atomic E-state index is 2.39. The highest BCUT2D eigenvalue weighted by atomic mass is 32.2. The molecule has 1 nitrogen and oxygen atoms in total. The van der Waals surface area contributed by atoms with Gasteiger partial charge in [-0.15, -0.1) is 11.8 Å². The molecule has 0 aromatic heterocycles. The maximum Gasteiger partial charge on any atom is 0.0242 e. The second kappa shape index (κ2) is 3.72. The fourth-order valence-corrected chi connectivity index (χ4v) is 2.75. The first kappa shape index (κ1) is 9.10. The van der Waals surface area contributed by atoms with Gasteiger partial charge in [-0.3, -0.25) is 0 Å². The van der Waals surface area contributed by atoms with Crippen LogP contribution in [0.25, 0.3) is 0 Å². The number of fused-ring (bicyclic) bond motifs is 1. The van der Waals surface area contributed by atoms with Gasteiger partial charge in [0.05, 0.1) is 0 Å². The van der Waals surface area contributed by atoms with Crippen LogP contribution in [-0.4, -0.2) is 24.2 Å². The van der Waals surface area contributed by atoms with Crippen molar-refractivity contribution in [3.63, 3.8) is 0 Å². The molecule has 1 aliphatic rings. The molecule has 70 valence electrons. The summed E-state index contributed by atoms with van der Waals surface area (Å²) in [4.78, 5) is 3.85. The fraction of sp³-hybridized carbons (Fsp3) is 0.455. The summed E-state index contributed by atoms with van der Waals surface area (Å²) in [5.41, 5.74) is 2.86. The van der Waals surface area contributed by atoms with Crippen molar-refractivity contribution in [1.29, 1.82) is 0 Å². The molecule has 13 heavy (non-hydrogen) atoms. The predicted octanol–water partition coefficient (Wildman–Crippen LogP) is 2.53. The third-order valence-electron chi connectivity index (χ3n) is 2.39. The van der Waals surface area contributed by atoms with Crippen molar-refractivity contribution < 1.29 is 0 Å². The monoisotopic (exact) mass is 193 g/mol. The van der Waals surface area contributed by atoms with E-state index in [1.165, 1.54) is 28.3 Å². The Balaban J connectivity index is 2.35. The summed E-state index contributed by atoms with van der Waals surface area (Å²) in [5, 5.41) is 0. The molecule has 1 aromatic carbocycles. The van der Waals surface area contributed by atoms with E-state index in [1.807, 2.05) is 11.8 Å². The zero-order chi connectivity index (χ0) is 9.26. The Morgan fingerprint density at radius 3 is 3.08 bits per heavy atom. The minimum atomic E-state index is 1.10. The molecule has 0 fully saturated rings. The number of hydrogen-bond acceptors (Lipinski definition) is 2. The highest BCUT2D eigenvalue weighted by Crippen LogP contribution is 2.27. The van der Waals surface area contributed by atoms with Gasteiger partial charge in [0.1, 0.15) is 0 Å². The molecule has 0 N–H and O–H groups in total. The summed E-state index contributed by atoms with van der Waals surface area (Å²) in [6.07, 6.45) is 0. The van der Waals surface area contributed by atoms with Gasteiger partial charge in [-0.05, 0) is 25.6 Å². The minimum Gasteiger partial charge on any atom is -0.301 e. The van der Waals surface area contributed by atoms with Crippen LogP contribution in [0.2, 0.25) is 0 Å². The topological polar surface area (TPSA) is 3.24 Å². The van der Waals surface area contributed by atoms with Crippen LogP contribution in [-0.2, 0) is 6.54 Å². The van der Waals surface area contributed by atoms with Crippen molar-refractivity contribution in [3.05, 3.63) is 29.3 Å². The summed E-state index contributed by atoms with van der Waals surface area (Å²) in [6, 6.07) is 6.77. The van der Waals surface area contributed by atoms with E-state index in [2.05, 4.69) is 37.1 Å². The van der Waals surface area contributed by atoms with Crippen molar-refractivity contribution in [1.82, 2.24) is 4.90 Å². The van der Waals surface area contributed by atoms with Gasteiger partial charge in [0.15, 0.2) is 0 Å². The predicted molar refractivity (Wildman–Crippen MR) is 58.2 cm³/mol.